The highest BCUT2D eigenvalue weighted by Gasteiger charge is 2.32. The van der Waals surface area contributed by atoms with Gasteiger partial charge in [-0.1, -0.05) is 0 Å². The first-order valence-electron chi connectivity index (χ1n) is 6.42. The molecule has 0 aromatic heterocycles. The lowest BCUT2D eigenvalue weighted by Crippen LogP contribution is -2.51. The van der Waals surface area contributed by atoms with Gasteiger partial charge in [0.15, 0.2) is 0 Å². The largest absolute Gasteiger partial charge is 0.411 e. The van der Waals surface area contributed by atoms with Crippen LogP contribution in [0.5, 0.6) is 0 Å². The summed E-state index contributed by atoms with van der Waals surface area (Å²) in [7, 11) is -3.39. The molecule has 1 N–H and O–H groups in total. The Kier molecular flexibility index (Phi) is 6.00. The minimum absolute atomic E-state index is 0.131. The lowest BCUT2D eigenvalue weighted by atomic mass is 10.1. The zero-order chi connectivity index (χ0) is 16.3. The van der Waals surface area contributed by atoms with Crippen LogP contribution in [-0.2, 0) is 19.6 Å². The van der Waals surface area contributed by atoms with Crippen LogP contribution in [0.4, 0.5) is 13.2 Å². The van der Waals surface area contributed by atoms with E-state index in [4.69, 9.17) is 0 Å². The number of nitrogens with zero attached hydrogens (tertiary/aromatic N) is 1. The van der Waals surface area contributed by atoms with E-state index >= 15 is 0 Å². The second-order valence-electron chi connectivity index (χ2n) is 5.08. The van der Waals surface area contributed by atoms with E-state index in [1.54, 1.807) is 0 Å². The molecule has 0 aliphatic carbocycles. The second-order valence-corrected chi connectivity index (χ2v) is 6.86. The van der Waals surface area contributed by atoms with Gasteiger partial charge in [0.2, 0.25) is 10.0 Å². The number of sulfonamides is 1. The van der Waals surface area contributed by atoms with Crippen molar-refractivity contribution in [1.29, 1.82) is 0 Å². The average Bonchev–Trinajstić information content (AvgIpc) is 2.32. The fourth-order valence-electron chi connectivity index (χ4n) is 2.12. The van der Waals surface area contributed by atoms with Gasteiger partial charge in [-0.05, 0) is 19.8 Å². The van der Waals surface area contributed by atoms with Crippen molar-refractivity contribution < 1.29 is 31.1 Å². The van der Waals surface area contributed by atoms with Crippen LogP contribution >= 0.6 is 0 Å². The minimum atomic E-state index is -4.49. The molecule has 21 heavy (non-hydrogen) atoms. The van der Waals surface area contributed by atoms with E-state index in [0.717, 1.165) is 6.26 Å². The summed E-state index contributed by atoms with van der Waals surface area (Å²) in [6.07, 6.45) is -3.54. The van der Waals surface area contributed by atoms with Gasteiger partial charge in [0.1, 0.15) is 12.7 Å². The highest BCUT2D eigenvalue weighted by molar-refractivity contribution is 7.88. The van der Waals surface area contributed by atoms with Crippen molar-refractivity contribution in [2.24, 2.45) is 0 Å². The number of halogens is 3. The van der Waals surface area contributed by atoms with Crippen molar-refractivity contribution in [2.45, 2.75) is 38.1 Å². The molecule has 1 fully saturated rings. The Balaban J connectivity index is 2.53. The Hall–Kier alpha value is -0.870. The Labute approximate surface area is 121 Å². The normalized spacial score (nSPS) is 22.1. The van der Waals surface area contributed by atoms with E-state index in [0.29, 0.717) is 19.4 Å². The molecular formula is C11H19F3N2O4S. The average molecular weight is 332 g/mol. The van der Waals surface area contributed by atoms with Crippen molar-refractivity contribution >= 4 is 15.9 Å². The van der Waals surface area contributed by atoms with Gasteiger partial charge < -0.3 is 9.64 Å². The van der Waals surface area contributed by atoms with Crippen LogP contribution < -0.4 is 4.72 Å². The van der Waals surface area contributed by atoms with Gasteiger partial charge in [-0.25, -0.2) is 13.1 Å². The highest BCUT2D eigenvalue weighted by atomic mass is 32.2. The number of ether oxygens (including phenoxy) is 1. The Morgan fingerprint density at radius 2 is 2.10 bits per heavy atom. The van der Waals surface area contributed by atoms with Gasteiger partial charge in [-0.3, -0.25) is 4.79 Å². The van der Waals surface area contributed by atoms with Crippen LogP contribution in [0.15, 0.2) is 0 Å². The number of hydrogen-bond donors (Lipinski definition) is 1. The zero-order valence-electron chi connectivity index (χ0n) is 11.8. The lowest BCUT2D eigenvalue weighted by Gasteiger charge is -2.34. The maximum absolute atomic E-state index is 12.0. The first kappa shape index (κ1) is 18.2. The number of rotatable bonds is 5. The summed E-state index contributed by atoms with van der Waals surface area (Å²) in [6, 6.07) is -0.424. The van der Waals surface area contributed by atoms with E-state index in [1.165, 1.54) is 11.8 Å². The van der Waals surface area contributed by atoms with E-state index in [9.17, 15) is 26.4 Å². The number of alkyl halides is 3. The van der Waals surface area contributed by atoms with Crippen molar-refractivity contribution in [3.05, 3.63) is 0 Å². The molecule has 1 aliphatic heterocycles. The molecule has 1 saturated heterocycles. The van der Waals surface area contributed by atoms with Crippen LogP contribution in [0.3, 0.4) is 0 Å². The van der Waals surface area contributed by atoms with Gasteiger partial charge >= 0.3 is 6.18 Å². The van der Waals surface area contributed by atoms with Crippen LogP contribution in [0, 0.1) is 0 Å². The first-order valence-corrected chi connectivity index (χ1v) is 8.31. The van der Waals surface area contributed by atoms with Crippen LogP contribution in [0.1, 0.15) is 19.8 Å². The number of nitrogens with one attached hydrogen (secondary N) is 1. The molecule has 6 nitrogen and oxygen atoms in total. The zero-order valence-corrected chi connectivity index (χ0v) is 12.6. The summed E-state index contributed by atoms with van der Waals surface area (Å²) in [4.78, 5) is 13.3. The van der Waals surface area contributed by atoms with E-state index in [1.807, 2.05) is 0 Å². The van der Waals surface area contributed by atoms with Crippen LogP contribution in [-0.4, -0.2) is 63.5 Å². The molecule has 0 saturated carbocycles. The molecule has 2 atom stereocenters. The number of likely N-dealkylation sites (tertiary alicyclic amines) is 1. The lowest BCUT2D eigenvalue weighted by molar-refractivity contribution is -0.188. The Bertz CT molecular complexity index is 467. The minimum Gasteiger partial charge on any atom is -0.359 e. The Morgan fingerprint density at radius 3 is 2.62 bits per heavy atom. The van der Waals surface area contributed by atoms with Gasteiger partial charge in [-0.2, -0.15) is 13.2 Å². The molecule has 1 amide bonds. The molecule has 10 heteroatoms. The summed E-state index contributed by atoms with van der Waals surface area (Å²) >= 11 is 0. The summed E-state index contributed by atoms with van der Waals surface area (Å²) in [6.45, 7) is 0.270. The number of hydrogen-bond acceptors (Lipinski definition) is 4. The predicted molar refractivity (Wildman–Crippen MR) is 69.1 cm³/mol. The molecule has 0 aromatic rings. The molecule has 124 valence electrons. The topological polar surface area (TPSA) is 75.7 Å². The number of carbonyl (C=O) groups is 1. The third-order valence-corrected chi connectivity index (χ3v) is 3.72. The molecular weight excluding hydrogens is 313 g/mol. The van der Waals surface area contributed by atoms with Crippen molar-refractivity contribution in [3.63, 3.8) is 0 Å². The monoisotopic (exact) mass is 332 g/mol. The summed E-state index contributed by atoms with van der Waals surface area (Å²) in [5, 5.41) is 0. The molecule has 0 bridgehead atoms. The van der Waals surface area contributed by atoms with Crippen LogP contribution in [0.2, 0.25) is 0 Å². The second kappa shape index (κ2) is 6.93. The fourth-order valence-corrected chi connectivity index (χ4v) is 2.92. The van der Waals surface area contributed by atoms with Crippen LogP contribution in [0.25, 0.3) is 0 Å². The predicted octanol–water partition coefficient (Wildman–Crippen LogP) is 0.494. The standard InChI is InChI=1S/C11H19F3N2O4S/c1-8(20-7-11(12,13)14)10(17)16-5-3-4-9(6-16)15-21(2,18)19/h8-9,15H,3-7H2,1-2H3/t8-,9-/m0/s1. The molecule has 0 spiro atoms. The van der Waals surface area contributed by atoms with Gasteiger partial charge in [0.25, 0.3) is 5.91 Å². The van der Waals surface area contributed by atoms with E-state index in [2.05, 4.69) is 9.46 Å². The summed E-state index contributed by atoms with van der Waals surface area (Å²) in [5.41, 5.74) is 0. The molecule has 1 heterocycles. The quantitative estimate of drug-likeness (QED) is 0.795. The number of amides is 1. The third kappa shape index (κ3) is 7.09. The smallest absolute Gasteiger partial charge is 0.359 e. The highest BCUT2D eigenvalue weighted by Crippen LogP contribution is 2.17. The van der Waals surface area contributed by atoms with Gasteiger partial charge in [0.05, 0.1) is 6.26 Å². The number of carbonyl (C=O) groups excluding carboxylic acids is 1. The summed E-state index contributed by atoms with van der Waals surface area (Å²) < 4.78 is 65.3. The third-order valence-electron chi connectivity index (χ3n) is 2.96. The van der Waals surface area contributed by atoms with E-state index in [-0.39, 0.29) is 6.54 Å². The maximum atomic E-state index is 12.0. The van der Waals surface area contributed by atoms with Crippen molar-refractivity contribution in [3.8, 4) is 0 Å². The molecule has 0 aromatic carbocycles. The molecule has 1 aliphatic rings. The van der Waals surface area contributed by atoms with E-state index < -0.39 is 40.9 Å². The number of piperidine rings is 1. The maximum Gasteiger partial charge on any atom is 0.411 e. The first-order chi connectivity index (χ1) is 9.48. The molecule has 0 radical (unpaired) electrons. The van der Waals surface area contributed by atoms with Gasteiger partial charge in [-0.15, -0.1) is 0 Å². The SMILES string of the molecule is C[C@H](OCC(F)(F)F)C(=O)N1CCC[C@H](NS(C)(=O)=O)C1. The molecule has 0 unspecified atom stereocenters. The van der Waals surface area contributed by atoms with Crippen molar-refractivity contribution in [1.82, 2.24) is 9.62 Å². The van der Waals surface area contributed by atoms with Gasteiger partial charge in [0, 0.05) is 19.1 Å². The molecule has 1 rings (SSSR count). The van der Waals surface area contributed by atoms with Crippen molar-refractivity contribution in [2.75, 3.05) is 26.0 Å². The summed E-state index contributed by atoms with van der Waals surface area (Å²) in [5.74, 6) is -0.570. The Morgan fingerprint density at radius 1 is 1.48 bits per heavy atom. The fraction of sp³-hybridized carbons (Fsp3) is 0.909.